The summed E-state index contributed by atoms with van der Waals surface area (Å²) in [5.41, 5.74) is -0.638. The van der Waals surface area contributed by atoms with Crippen LogP contribution in [0.5, 0.6) is 0 Å². The average molecular weight is 278 g/mol. The molecule has 0 spiro atoms. The van der Waals surface area contributed by atoms with Crippen molar-refractivity contribution in [2.75, 3.05) is 11.6 Å². The zero-order valence-corrected chi connectivity index (χ0v) is 10.7. The summed E-state index contributed by atoms with van der Waals surface area (Å²) in [6.45, 7) is 0. The molecule has 0 aliphatic rings. The Hall–Kier alpha value is -2.35. The second-order valence-corrected chi connectivity index (χ2v) is 4.44. The molecule has 0 saturated carbocycles. The first-order valence-electron chi connectivity index (χ1n) is 5.25. The van der Waals surface area contributed by atoms with Crippen molar-refractivity contribution < 1.29 is 4.92 Å². The van der Waals surface area contributed by atoms with Crippen LogP contribution in [-0.2, 0) is 0 Å². The minimum Gasteiger partial charge on any atom is -0.326 e. The zero-order valence-electron chi connectivity index (χ0n) is 9.91. The van der Waals surface area contributed by atoms with Crippen LogP contribution in [0.2, 0.25) is 0 Å². The number of hydrogen-bond acceptors (Lipinski definition) is 6. The summed E-state index contributed by atoms with van der Waals surface area (Å²) < 4.78 is 0. The van der Waals surface area contributed by atoms with Gasteiger partial charge in [0.05, 0.1) is 4.92 Å². The van der Waals surface area contributed by atoms with E-state index in [1.54, 1.807) is 11.8 Å². The van der Waals surface area contributed by atoms with Gasteiger partial charge in [-0.3, -0.25) is 19.9 Å². The largest absolute Gasteiger partial charge is 0.352 e. The van der Waals surface area contributed by atoms with Crippen molar-refractivity contribution in [3.8, 4) is 0 Å². The molecule has 2 rings (SSSR count). The Labute approximate surface area is 112 Å². The Bertz CT molecular complexity index is 654. The molecule has 0 radical (unpaired) electrons. The van der Waals surface area contributed by atoms with Gasteiger partial charge in [0.1, 0.15) is 6.20 Å². The highest BCUT2D eigenvalue weighted by molar-refractivity contribution is 7.98. The second-order valence-electron chi connectivity index (χ2n) is 3.56. The molecule has 0 bridgehead atoms. The van der Waals surface area contributed by atoms with Crippen molar-refractivity contribution in [3.63, 3.8) is 0 Å². The average Bonchev–Trinajstić information content (AvgIpc) is 2.39. The molecule has 1 heterocycles. The van der Waals surface area contributed by atoms with E-state index in [-0.39, 0.29) is 5.95 Å². The molecule has 2 N–H and O–H groups in total. The maximum Gasteiger partial charge on any atom is 0.352 e. The first kappa shape index (κ1) is 13.1. The predicted octanol–water partition coefficient (Wildman–Crippen LogP) is 2.14. The summed E-state index contributed by atoms with van der Waals surface area (Å²) in [5, 5.41) is 13.3. The van der Waals surface area contributed by atoms with Gasteiger partial charge in [-0.2, -0.15) is 0 Å². The van der Waals surface area contributed by atoms with Crippen LogP contribution in [0.25, 0.3) is 0 Å². The minimum absolute atomic E-state index is 0.160. The molecule has 2 aromatic rings. The summed E-state index contributed by atoms with van der Waals surface area (Å²) in [5.74, 6) is 0.160. The molecular formula is C11H10N4O3S. The molecule has 1 aromatic carbocycles. The highest BCUT2D eigenvalue weighted by atomic mass is 32.2. The molecule has 0 unspecified atom stereocenters. The fourth-order valence-corrected chi connectivity index (χ4v) is 1.80. The number of nitro groups is 1. The van der Waals surface area contributed by atoms with Gasteiger partial charge in [0, 0.05) is 10.6 Å². The predicted molar refractivity (Wildman–Crippen MR) is 73.0 cm³/mol. The number of H-pyrrole nitrogens is 1. The SMILES string of the molecule is CSc1ccc(Nc2ncc([N+](=O)[O-])c(=O)[nH]2)cc1. The van der Waals surface area contributed by atoms with Crippen molar-refractivity contribution in [2.24, 2.45) is 0 Å². The number of nitrogens with zero attached hydrogens (tertiary/aromatic N) is 2. The summed E-state index contributed by atoms with van der Waals surface area (Å²) >= 11 is 1.62. The van der Waals surface area contributed by atoms with Gasteiger partial charge in [-0.15, -0.1) is 11.8 Å². The van der Waals surface area contributed by atoms with Crippen molar-refractivity contribution >= 4 is 29.1 Å². The van der Waals surface area contributed by atoms with Gasteiger partial charge in [0.25, 0.3) is 0 Å². The number of nitrogens with one attached hydrogen (secondary N) is 2. The molecule has 0 amide bonds. The second kappa shape index (κ2) is 5.53. The lowest BCUT2D eigenvalue weighted by Crippen LogP contribution is -2.14. The van der Waals surface area contributed by atoms with Crippen LogP contribution in [0.4, 0.5) is 17.3 Å². The van der Waals surface area contributed by atoms with Gasteiger partial charge in [-0.1, -0.05) is 0 Å². The normalized spacial score (nSPS) is 10.2. The van der Waals surface area contributed by atoms with Crippen molar-refractivity contribution in [2.45, 2.75) is 4.90 Å². The van der Waals surface area contributed by atoms with Crippen LogP contribution in [0.1, 0.15) is 0 Å². The van der Waals surface area contributed by atoms with Gasteiger partial charge < -0.3 is 5.32 Å². The standard InChI is InChI=1S/C11H10N4O3S/c1-19-8-4-2-7(3-5-8)13-11-12-6-9(15(17)18)10(16)14-11/h2-6H,1H3,(H2,12,13,14,16). The van der Waals surface area contributed by atoms with Crippen LogP contribution in [0.15, 0.2) is 40.2 Å². The highest BCUT2D eigenvalue weighted by Crippen LogP contribution is 2.19. The molecule has 19 heavy (non-hydrogen) atoms. The van der Waals surface area contributed by atoms with Crippen LogP contribution >= 0.6 is 11.8 Å². The number of rotatable bonds is 4. The monoisotopic (exact) mass is 278 g/mol. The van der Waals surface area contributed by atoms with E-state index in [1.165, 1.54) is 0 Å². The summed E-state index contributed by atoms with van der Waals surface area (Å²) in [4.78, 5) is 28.3. The maximum atomic E-state index is 11.4. The highest BCUT2D eigenvalue weighted by Gasteiger charge is 2.12. The molecule has 0 saturated heterocycles. The lowest BCUT2D eigenvalue weighted by Gasteiger charge is -2.05. The molecule has 7 nitrogen and oxygen atoms in total. The van der Waals surface area contributed by atoms with Crippen LogP contribution in [-0.4, -0.2) is 21.1 Å². The first-order valence-corrected chi connectivity index (χ1v) is 6.47. The maximum absolute atomic E-state index is 11.4. The van der Waals surface area contributed by atoms with Gasteiger partial charge in [0.15, 0.2) is 0 Å². The lowest BCUT2D eigenvalue weighted by atomic mass is 10.3. The first-order chi connectivity index (χ1) is 9.10. The van der Waals surface area contributed by atoms with E-state index < -0.39 is 16.2 Å². The Morgan fingerprint density at radius 3 is 2.58 bits per heavy atom. The van der Waals surface area contributed by atoms with E-state index in [0.717, 1.165) is 16.8 Å². The van der Waals surface area contributed by atoms with E-state index >= 15 is 0 Å². The van der Waals surface area contributed by atoms with Crippen molar-refractivity contribution in [3.05, 3.63) is 50.9 Å². The Morgan fingerprint density at radius 1 is 1.37 bits per heavy atom. The third-order valence-electron chi connectivity index (χ3n) is 2.33. The van der Waals surface area contributed by atoms with Gasteiger partial charge in [0.2, 0.25) is 5.95 Å². The Morgan fingerprint density at radius 2 is 2.05 bits per heavy atom. The fourth-order valence-electron chi connectivity index (χ4n) is 1.39. The van der Waals surface area contributed by atoms with Gasteiger partial charge >= 0.3 is 11.2 Å². The molecule has 1 aromatic heterocycles. The van der Waals surface area contributed by atoms with E-state index in [9.17, 15) is 14.9 Å². The fraction of sp³-hybridized carbons (Fsp3) is 0.0909. The van der Waals surface area contributed by atoms with E-state index in [4.69, 9.17) is 0 Å². The summed E-state index contributed by atoms with van der Waals surface area (Å²) in [6, 6.07) is 7.48. The third kappa shape index (κ3) is 3.10. The Kier molecular flexibility index (Phi) is 3.81. The quantitative estimate of drug-likeness (QED) is 0.505. The topological polar surface area (TPSA) is 101 Å². The summed E-state index contributed by atoms with van der Waals surface area (Å²) in [6.07, 6.45) is 2.90. The van der Waals surface area contributed by atoms with Crippen LogP contribution in [0, 0.1) is 10.1 Å². The van der Waals surface area contributed by atoms with Crippen LogP contribution in [0.3, 0.4) is 0 Å². The molecule has 0 atom stereocenters. The summed E-state index contributed by atoms with van der Waals surface area (Å²) in [7, 11) is 0. The van der Waals surface area contributed by atoms with E-state index in [1.807, 2.05) is 30.5 Å². The zero-order chi connectivity index (χ0) is 13.8. The molecule has 0 fully saturated rings. The molecule has 0 aliphatic carbocycles. The van der Waals surface area contributed by atoms with Gasteiger partial charge in [-0.05, 0) is 30.5 Å². The van der Waals surface area contributed by atoms with Crippen molar-refractivity contribution in [1.82, 2.24) is 9.97 Å². The molecular weight excluding hydrogens is 268 g/mol. The van der Waals surface area contributed by atoms with Crippen LogP contribution < -0.4 is 10.9 Å². The number of aromatic amines is 1. The van der Waals surface area contributed by atoms with E-state index in [2.05, 4.69) is 15.3 Å². The number of anilines is 2. The third-order valence-corrected chi connectivity index (χ3v) is 3.07. The smallest absolute Gasteiger partial charge is 0.326 e. The number of benzene rings is 1. The lowest BCUT2D eigenvalue weighted by molar-refractivity contribution is -0.386. The molecule has 8 heteroatoms. The molecule has 0 aliphatic heterocycles. The number of thioether (sulfide) groups is 1. The number of aromatic nitrogens is 2. The molecule has 98 valence electrons. The Balaban J connectivity index is 2.21. The minimum atomic E-state index is -0.789. The van der Waals surface area contributed by atoms with Gasteiger partial charge in [-0.25, -0.2) is 4.98 Å². The van der Waals surface area contributed by atoms with E-state index in [0.29, 0.717) is 0 Å². The number of hydrogen-bond donors (Lipinski definition) is 2. The van der Waals surface area contributed by atoms with Crippen molar-refractivity contribution in [1.29, 1.82) is 0 Å².